The van der Waals surface area contributed by atoms with E-state index < -0.39 is 0 Å². The zero-order valence-corrected chi connectivity index (χ0v) is 11.9. The molecule has 0 bridgehead atoms. The van der Waals surface area contributed by atoms with Crippen LogP contribution >= 0.6 is 0 Å². The molecule has 5 nitrogen and oxygen atoms in total. The van der Waals surface area contributed by atoms with Gasteiger partial charge in [-0.25, -0.2) is 0 Å². The van der Waals surface area contributed by atoms with Crippen LogP contribution in [0.25, 0.3) is 0 Å². The van der Waals surface area contributed by atoms with Crippen LogP contribution in [0.1, 0.15) is 12.0 Å². The van der Waals surface area contributed by atoms with Gasteiger partial charge in [-0.3, -0.25) is 10.1 Å². The van der Waals surface area contributed by atoms with Crippen molar-refractivity contribution in [2.75, 3.05) is 18.5 Å². The maximum atomic E-state index is 11.0. The van der Waals surface area contributed by atoms with Gasteiger partial charge in [-0.1, -0.05) is 24.3 Å². The molecule has 0 aliphatic heterocycles. The van der Waals surface area contributed by atoms with Gasteiger partial charge in [0, 0.05) is 12.6 Å². The molecule has 0 unspecified atom stereocenters. The first-order valence-corrected chi connectivity index (χ1v) is 6.83. The van der Waals surface area contributed by atoms with E-state index >= 15 is 0 Å². The predicted molar refractivity (Wildman–Crippen MR) is 82.9 cm³/mol. The minimum Gasteiger partial charge on any atom is -0.494 e. The molecule has 0 spiro atoms. The number of hydrogen-bond acceptors (Lipinski definition) is 4. The maximum absolute atomic E-state index is 11.0. The third kappa shape index (κ3) is 4.49. The molecule has 2 aromatic rings. The molecule has 2 aromatic carbocycles. The number of nitro groups is 1. The lowest BCUT2D eigenvalue weighted by atomic mass is 10.2. The summed E-state index contributed by atoms with van der Waals surface area (Å²) in [6.07, 6.45) is 0.764. The fourth-order valence-electron chi connectivity index (χ4n) is 1.94. The lowest BCUT2D eigenvalue weighted by Gasteiger charge is -2.09. The minimum absolute atomic E-state index is 0.110. The number of nitro benzene ring substituents is 1. The summed E-state index contributed by atoms with van der Waals surface area (Å²) in [6.45, 7) is 3.03. The van der Waals surface area contributed by atoms with Gasteiger partial charge in [-0.05, 0) is 37.1 Å². The molecule has 0 saturated heterocycles. The average Bonchev–Trinajstić information content (AvgIpc) is 2.49. The number of hydrogen-bond donors (Lipinski definition) is 1. The summed E-state index contributed by atoms with van der Waals surface area (Å²) in [5.41, 5.74) is 1.53. The monoisotopic (exact) mass is 286 g/mol. The van der Waals surface area contributed by atoms with Crippen LogP contribution in [-0.4, -0.2) is 18.1 Å². The van der Waals surface area contributed by atoms with E-state index in [9.17, 15) is 10.1 Å². The average molecular weight is 286 g/mol. The molecule has 0 fully saturated rings. The number of anilines is 1. The van der Waals surface area contributed by atoms with E-state index in [2.05, 4.69) is 5.32 Å². The Morgan fingerprint density at radius 1 is 1.19 bits per heavy atom. The van der Waals surface area contributed by atoms with E-state index in [0.29, 0.717) is 18.8 Å². The van der Waals surface area contributed by atoms with Crippen molar-refractivity contribution >= 4 is 11.4 Å². The Labute approximate surface area is 123 Å². The first-order chi connectivity index (χ1) is 10.2. The van der Waals surface area contributed by atoms with Gasteiger partial charge < -0.3 is 10.1 Å². The van der Waals surface area contributed by atoms with Crippen molar-refractivity contribution in [3.05, 3.63) is 64.2 Å². The molecule has 21 heavy (non-hydrogen) atoms. The zero-order chi connectivity index (χ0) is 15.1. The molecule has 0 radical (unpaired) electrons. The van der Waals surface area contributed by atoms with Crippen LogP contribution in [0.15, 0.2) is 48.5 Å². The number of aryl methyl sites for hydroxylation is 1. The quantitative estimate of drug-likeness (QED) is 0.478. The summed E-state index contributed by atoms with van der Waals surface area (Å²) in [7, 11) is 0. The lowest BCUT2D eigenvalue weighted by molar-refractivity contribution is -0.384. The predicted octanol–water partition coefficient (Wildman–Crippen LogP) is 3.78. The highest BCUT2D eigenvalue weighted by Gasteiger charge is 2.12. The van der Waals surface area contributed by atoms with Crippen molar-refractivity contribution < 1.29 is 9.66 Å². The van der Waals surface area contributed by atoms with E-state index in [1.807, 2.05) is 43.3 Å². The Morgan fingerprint density at radius 2 is 1.95 bits per heavy atom. The Balaban J connectivity index is 1.80. The van der Waals surface area contributed by atoms with E-state index in [4.69, 9.17) is 4.74 Å². The second-order valence-corrected chi connectivity index (χ2v) is 4.72. The Hall–Kier alpha value is -2.56. The molecule has 0 aromatic heterocycles. The number of ether oxygens (including phenoxy) is 1. The third-order valence-corrected chi connectivity index (χ3v) is 3.00. The molecular formula is C16H18N2O3. The summed E-state index contributed by atoms with van der Waals surface area (Å²) in [5, 5.41) is 14.1. The number of nitrogens with one attached hydrogen (secondary N) is 1. The minimum atomic E-state index is -0.365. The van der Waals surface area contributed by atoms with Crippen LogP contribution < -0.4 is 10.1 Å². The molecule has 1 N–H and O–H groups in total. The second kappa shape index (κ2) is 7.28. The molecule has 0 atom stereocenters. The molecule has 0 saturated carbocycles. The van der Waals surface area contributed by atoms with E-state index in [1.54, 1.807) is 12.1 Å². The molecule has 0 aliphatic carbocycles. The number of rotatable bonds is 7. The van der Waals surface area contributed by atoms with Gasteiger partial charge in [0.15, 0.2) is 0 Å². The molecule has 2 rings (SSSR count). The van der Waals surface area contributed by atoms with Crippen LogP contribution in [-0.2, 0) is 0 Å². The topological polar surface area (TPSA) is 64.4 Å². The maximum Gasteiger partial charge on any atom is 0.292 e. The van der Waals surface area contributed by atoms with Gasteiger partial charge in [0.2, 0.25) is 0 Å². The van der Waals surface area contributed by atoms with Crippen LogP contribution in [0.5, 0.6) is 5.75 Å². The fraction of sp³-hybridized carbons (Fsp3) is 0.250. The first kappa shape index (κ1) is 14.8. The van der Waals surface area contributed by atoms with Crippen molar-refractivity contribution in [2.45, 2.75) is 13.3 Å². The summed E-state index contributed by atoms with van der Waals surface area (Å²) in [5.74, 6) is 0.832. The van der Waals surface area contributed by atoms with Gasteiger partial charge >= 0.3 is 0 Å². The van der Waals surface area contributed by atoms with E-state index in [0.717, 1.165) is 17.7 Å². The SMILES string of the molecule is Cc1ccc(NCCCOc2ccccc2)c([N+](=O)[O-])c1. The lowest BCUT2D eigenvalue weighted by Crippen LogP contribution is -2.08. The summed E-state index contributed by atoms with van der Waals surface area (Å²) in [4.78, 5) is 10.6. The van der Waals surface area contributed by atoms with Crippen molar-refractivity contribution in [3.8, 4) is 5.75 Å². The second-order valence-electron chi connectivity index (χ2n) is 4.72. The highest BCUT2D eigenvalue weighted by Crippen LogP contribution is 2.25. The number of para-hydroxylation sites is 1. The van der Waals surface area contributed by atoms with E-state index in [1.165, 1.54) is 0 Å². The van der Waals surface area contributed by atoms with Gasteiger partial charge in [-0.2, -0.15) is 0 Å². The standard InChI is InChI=1S/C16H18N2O3/c1-13-8-9-15(16(12-13)18(19)20)17-10-5-11-21-14-6-3-2-4-7-14/h2-4,6-9,12,17H,5,10-11H2,1H3. The van der Waals surface area contributed by atoms with Gasteiger partial charge in [0.05, 0.1) is 11.5 Å². The first-order valence-electron chi connectivity index (χ1n) is 6.83. The van der Waals surface area contributed by atoms with E-state index in [-0.39, 0.29) is 10.6 Å². The van der Waals surface area contributed by atoms with Crippen molar-refractivity contribution in [2.24, 2.45) is 0 Å². The van der Waals surface area contributed by atoms with Crippen molar-refractivity contribution in [1.29, 1.82) is 0 Å². The Bertz CT molecular complexity index is 600. The highest BCUT2D eigenvalue weighted by molar-refractivity contribution is 5.62. The zero-order valence-electron chi connectivity index (χ0n) is 11.9. The number of benzene rings is 2. The largest absolute Gasteiger partial charge is 0.494 e. The van der Waals surface area contributed by atoms with Crippen molar-refractivity contribution in [1.82, 2.24) is 0 Å². The molecule has 0 aliphatic rings. The molecule has 110 valence electrons. The molecular weight excluding hydrogens is 268 g/mol. The van der Waals surface area contributed by atoms with Crippen LogP contribution in [0.3, 0.4) is 0 Å². The molecule has 0 heterocycles. The summed E-state index contributed by atoms with van der Waals surface area (Å²) < 4.78 is 5.57. The third-order valence-electron chi connectivity index (χ3n) is 3.00. The highest BCUT2D eigenvalue weighted by atomic mass is 16.6. The van der Waals surface area contributed by atoms with Gasteiger partial charge in [0.25, 0.3) is 5.69 Å². The normalized spacial score (nSPS) is 10.1. The number of nitrogens with zero attached hydrogens (tertiary/aromatic N) is 1. The molecule has 5 heteroatoms. The van der Waals surface area contributed by atoms with Gasteiger partial charge in [-0.15, -0.1) is 0 Å². The summed E-state index contributed by atoms with van der Waals surface area (Å²) in [6, 6.07) is 14.7. The van der Waals surface area contributed by atoms with Crippen LogP contribution in [0, 0.1) is 17.0 Å². The van der Waals surface area contributed by atoms with Crippen LogP contribution in [0.4, 0.5) is 11.4 Å². The summed E-state index contributed by atoms with van der Waals surface area (Å²) >= 11 is 0. The van der Waals surface area contributed by atoms with Crippen molar-refractivity contribution in [3.63, 3.8) is 0 Å². The Morgan fingerprint density at radius 3 is 2.67 bits per heavy atom. The molecule has 0 amide bonds. The van der Waals surface area contributed by atoms with Crippen LogP contribution in [0.2, 0.25) is 0 Å². The Kier molecular flexibility index (Phi) is 5.15. The fourth-order valence-corrected chi connectivity index (χ4v) is 1.94. The van der Waals surface area contributed by atoms with Gasteiger partial charge in [0.1, 0.15) is 11.4 Å². The smallest absolute Gasteiger partial charge is 0.292 e.